The van der Waals surface area contributed by atoms with Gasteiger partial charge in [0.2, 0.25) is 5.91 Å². The summed E-state index contributed by atoms with van der Waals surface area (Å²) in [6.07, 6.45) is 3.14. The van der Waals surface area contributed by atoms with E-state index in [-0.39, 0.29) is 29.7 Å². The Hall–Kier alpha value is -2.35. The highest BCUT2D eigenvalue weighted by molar-refractivity contribution is 8.15. The highest BCUT2D eigenvalue weighted by atomic mass is 32.2. The third-order valence-electron chi connectivity index (χ3n) is 5.24. The van der Waals surface area contributed by atoms with Crippen molar-refractivity contribution in [3.05, 3.63) is 29.8 Å². The summed E-state index contributed by atoms with van der Waals surface area (Å²) in [5.41, 5.74) is 0.859. The number of nitrogens with zero attached hydrogens (tertiary/aromatic N) is 2. The van der Waals surface area contributed by atoms with E-state index >= 15 is 0 Å². The van der Waals surface area contributed by atoms with Gasteiger partial charge in [-0.2, -0.15) is 4.99 Å². The lowest BCUT2D eigenvalue weighted by Crippen LogP contribution is -2.42. The van der Waals surface area contributed by atoms with Gasteiger partial charge in [0.25, 0.3) is 11.8 Å². The molecule has 0 spiro atoms. The average molecular weight is 417 g/mol. The third-order valence-corrected chi connectivity index (χ3v) is 6.46. The van der Waals surface area contributed by atoms with Crippen LogP contribution in [0.1, 0.15) is 56.8 Å². The molecule has 1 fully saturated rings. The lowest BCUT2D eigenvalue weighted by molar-refractivity contribution is -0.121. The first-order valence-corrected chi connectivity index (χ1v) is 10.9. The second-order valence-corrected chi connectivity index (χ2v) is 9.22. The van der Waals surface area contributed by atoms with Gasteiger partial charge in [0.15, 0.2) is 5.17 Å². The van der Waals surface area contributed by atoms with Gasteiger partial charge in [0.1, 0.15) is 5.25 Å². The minimum absolute atomic E-state index is 0.0806. The molecule has 1 aromatic carbocycles. The Labute approximate surface area is 175 Å². The molecule has 0 saturated carbocycles. The second-order valence-electron chi connectivity index (χ2n) is 8.05. The van der Waals surface area contributed by atoms with Crippen LogP contribution in [0.4, 0.5) is 5.69 Å². The third kappa shape index (κ3) is 5.59. The molecule has 2 aliphatic heterocycles. The highest BCUT2D eigenvalue weighted by Gasteiger charge is 2.33. The Kier molecular flexibility index (Phi) is 6.62. The summed E-state index contributed by atoms with van der Waals surface area (Å²) in [5.74, 6) is -0.620. The van der Waals surface area contributed by atoms with Gasteiger partial charge in [-0.15, -0.1) is 0 Å². The number of likely N-dealkylation sites (tertiary alicyclic amines) is 1. The number of thioether (sulfide) groups is 1. The van der Waals surface area contributed by atoms with Crippen LogP contribution < -0.4 is 10.6 Å². The molecular formula is C21H28N4O3S. The van der Waals surface area contributed by atoms with Gasteiger partial charge in [-0.05, 0) is 57.4 Å². The fraction of sp³-hybridized carbons (Fsp3) is 0.524. The maximum absolute atomic E-state index is 12.4. The molecule has 3 rings (SSSR count). The van der Waals surface area contributed by atoms with E-state index < -0.39 is 5.25 Å². The minimum Gasteiger partial charge on any atom is -0.351 e. The van der Waals surface area contributed by atoms with Gasteiger partial charge in [-0.1, -0.05) is 18.7 Å². The quantitative estimate of drug-likeness (QED) is 0.744. The number of carbonyl (C=O) groups is 3. The monoisotopic (exact) mass is 416 g/mol. The zero-order chi connectivity index (χ0) is 21.0. The van der Waals surface area contributed by atoms with Crippen molar-refractivity contribution in [2.45, 2.75) is 57.2 Å². The van der Waals surface area contributed by atoms with Crippen LogP contribution in [0.2, 0.25) is 0 Å². The molecule has 0 aliphatic carbocycles. The fourth-order valence-corrected chi connectivity index (χ4v) is 4.22. The number of rotatable bonds is 6. The molecule has 8 heteroatoms. The SMILES string of the molecule is CCC(C)(C)NC(=O)c1ccc(NC(=O)C[C@H]2SC(N3CCCC3)=NC2=O)cc1. The van der Waals surface area contributed by atoms with Crippen molar-refractivity contribution in [1.82, 2.24) is 10.2 Å². The summed E-state index contributed by atoms with van der Waals surface area (Å²) in [7, 11) is 0. The lowest BCUT2D eigenvalue weighted by atomic mass is 10.0. The Bertz CT molecular complexity index is 814. The number of amides is 3. The molecule has 2 N–H and O–H groups in total. The van der Waals surface area contributed by atoms with Crippen LogP contribution in [0.3, 0.4) is 0 Å². The molecule has 2 aliphatic rings. The molecule has 156 valence electrons. The van der Waals surface area contributed by atoms with Crippen LogP contribution in [-0.2, 0) is 9.59 Å². The molecule has 2 heterocycles. The van der Waals surface area contributed by atoms with Gasteiger partial charge in [0, 0.05) is 36.3 Å². The summed E-state index contributed by atoms with van der Waals surface area (Å²) in [4.78, 5) is 43.0. The standard InChI is InChI=1S/C21H28N4O3S/c1-4-21(2,3)24-18(27)14-7-9-15(10-8-14)22-17(26)13-16-19(28)23-20(29-16)25-11-5-6-12-25/h7-10,16H,4-6,11-13H2,1-3H3,(H,22,26)(H,24,27)/t16-/m1/s1. The van der Waals surface area contributed by atoms with Crippen molar-refractivity contribution in [1.29, 1.82) is 0 Å². The van der Waals surface area contributed by atoms with Crippen molar-refractivity contribution < 1.29 is 14.4 Å². The van der Waals surface area contributed by atoms with Gasteiger partial charge < -0.3 is 15.5 Å². The molecule has 7 nitrogen and oxygen atoms in total. The number of carbonyl (C=O) groups excluding carboxylic acids is 3. The van der Waals surface area contributed by atoms with E-state index in [0.717, 1.165) is 37.5 Å². The molecule has 0 aromatic heterocycles. The van der Waals surface area contributed by atoms with Crippen LogP contribution >= 0.6 is 11.8 Å². The number of nitrogens with one attached hydrogen (secondary N) is 2. The average Bonchev–Trinajstić information content (AvgIpc) is 3.32. The number of aliphatic imine (C=N–C) groups is 1. The Morgan fingerprint density at radius 1 is 1.21 bits per heavy atom. The maximum atomic E-state index is 12.4. The highest BCUT2D eigenvalue weighted by Crippen LogP contribution is 2.29. The Morgan fingerprint density at radius 2 is 1.86 bits per heavy atom. The van der Waals surface area contributed by atoms with E-state index in [2.05, 4.69) is 20.5 Å². The van der Waals surface area contributed by atoms with Crippen molar-refractivity contribution >= 4 is 40.3 Å². The first kappa shape index (κ1) is 21.4. The van der Waals surface area contributed by atoms with Crippen molar-refractivity contribution in [3.8, 4) is 0 Å². The van der Waals surface area contributed by atoms with Gasteiger partial charge in [-0.3, -0.25) is 14.4 Å². The molecule has 0 bridgehead atoms. The van der Waals surface area contributed by atoms with Crippen molar-refractivity contribution in [2.24, 2.45) is 4.99 Å². The van der Waals surface area contributed by atoms with Gasteiger partial charge >= 0.3 is 0 Å². The molecule has 1 saturated heterocycles. The number of benzene rings is 1. The normalized spacial score (nSPS) is 19.3. The van der Waals surface area contributed by atoms with Crippen molar-refractivity contribution in [2.75, 3.05) is 18.4 Å². The fourth-order valence-electron chi connectivity index (χ4n) is 3.11. The largest absolute Gasteiger partial charge is 0.351 e. The zero-order valence-corrected chi connectivity index (χ0v) is 18.0. The van der Waals surface area contributed by atoms with Crippen LogP contribution in [0, 0.1) is 0 Å². The number of hydrogen-bond donors (Lipinski definition) is 2. The Balaban J connectivity index is 1.51. The summed E-state index contributed by atoms with van der Waals surface area (Å²) in [6.45, 7) is 7.81. The van der Waals surface area contributed by atoms with Gasteiger partial charge in [-0.25, -0.2) is 0 Å². The molecule has 1 atom stereocenters. The summed E-state index contributed by atoms with van der Waals surface area (Å²) in [6, 6.07) is 6.75. The van der Waals surface area contributed by atoms with Crippen LogP contribution in [-0.4, -0.2) is 51.7 Å². The number of anilines is 1. The zero-order valence-electron chi connectivity index (χ0n) is 17.2. The molecule has 3 amide bonds. The van der Waals surface area contributed by atoms with Crippen LogP contribution in [0.15, 0.2) is 29.3 Å². The van der Waals surface area contributed by atoms with Gasteiger partial charge in [0.05, 0.1) is 0 Å². The lowest BCUT2D eigenvalue weighted by Gasteiger charge is -2.24. The predicted octanol–water partition coefficient (Wildman–Crippen LogP) is 3.03. The topological polar surface area (TPSA) is 90.9 Å². The maximum Gasteiger partial charge on any atom is 0.262 e. The van der Waals surface area contributed by atoms with Crippen LogP contribution in [0.5, 0.6) is 0 Å². The number of amidine groups is 1. The minimum atomic E-state index is -0.466. The molecular weight excluding hydrogens is 388 g/mol. The summed E-state index contributed by atoms with van der Waals surface area (Å²) < 4.78 is 0. The molecule has 0 unspecified atom stereocenters. The smallest absolute Gasteiger partial charge is 0.262 e. The first-order valence-electron chi connectivity index (χ1n) is 10.0. The summed E-state index contributed by atoms with van der Waals surface area (Å²) in [5, 5.41) is 6.06. The predicted molar refractivity (Wildman–Crippen MR) is 116 cm³/mol. The van der Waals surface area contributed by atoms with E-state index in [1.54, 1.807) is 24.3 Å². The Morgan fingerprint density at radius 3 is 2.48 bits per heavy atom. The summed E-state index contributed by atoms with van der Waals surface area (Å²) >= 11 is 1.38. The van der Waals surface area contributed by atoms with E-state index in [0.29, 0.717) is 11.3 Å². The van der Waals surface area contributed by atoms with Crippen molar-refractivity contribution in [3.63, 3.8) is 0 Å². The first-order chi connectivity index (χ1) is 13.8. The molecule has 1 aromatic rings. The molecule has 0 radical (unpaired) electrons. The van der Waals surface area contributed by atoms with E-state index in [1.165, 1.54) is 11.8 Å². The van der Waals surface area contributed by atoms with E-state index in [9.17, 15) is 14.4 Å². The molecule has 29 heavy (non-hydrogen) atoms. The van der Waals surface area contributed by atoms with E-state index in [1.807, 2.05) is 20.8 Å². The second kappa shape index (κ2) is 8.98. The van der Waals surface area contributed by atoms with E-state index in [4.69, 9.17) is 0 Å². The number of hydrogen-bond acceptors (Lipinski definition) is 5. The van der Waals surface area contributed by atoms with Crippen LogP contribution in [0.25, 0.3) is 0 Å².